The van der Waals surface area contributed by atoms with Crippen LogP contribution >= 0.6 is 11.3 Å². The molecule has 4 rings (SSSR count). The lowest BCUT2D eigenvalue weighted by atomic mass is 10.1. The van der Waals surface area contributed by atoms with Gasteiger partial charge in [0.15, 0.2) is 11.2 Å². The molecule has 15 heteroatoms. The van der Waals surface area contributed by atoms with Crippen LogP contribution in [0.3, 0.4) is 0 Å². The van der Waals surface area contributed by atoms with Gasteiger partial charge in [-0.2, -0.15) is 26.3 Å². The van der Waals surface area contributed by atoms with E-state index in [1.807, 2.05) is 0 Å². The molecule has 192 valence electrons. The summed E-state index contributed by atoms with van der Waals surface area (Å²) in [6, 6.07) is 5.96. The van der Waals surface area contributed by atoms with Crippen molar-refractivity contribution < 1.29 is 44.3 Å². The number of aromatic nitrogens is 1. The van der Waals surface area contributed by atoms with E-state index in [-0.39, 0.29) is 34.7 Å². The molecule has 36 heavy (non-hydrogen) atoms. The topological polar surface area (TPSA) is 88.6 Å². The Morgan fingerprint density at radius 1 is 1.00 bits per heavy atom. The van der Waals surface area contributed by atoms with Crippen molar-refractivity contribution in [2.75, 3.05) is 16.2 Å². The number of carbonyl (C=O) groups is 1. The van der Waals surface area contributed by atoms with Crippen LogP contribution in [0.1, 0.15) is 17.5 Å². The molecule has 7 nitrogen and oxygen atoms in total. The maximum absolute atomic E-state index is 13.1. The maximum Gasteiger partial charge on any atom is 0.416 e. The summed E-state index contributed by atoms with van der Waals surface area (Å²) in [5, 5.41) is 1.75. The first kappa shape index (κ1) is 25.8. The number of hydrogen-bond acceptors (Lipinski definition) is 6. The molecule has 1 atom stereocenters. The van der Waals surface area contributed by atoms with Crippen molar-refractivity contribution in [2.24, 2.45) is 0 Å². The summed E-state index contributed by atoms with van der Waals surface area (Å²) in [5.41, 5.74) is -2.84. The van der Waals surface area contributed by atoms with Crippen LogP contribution in [0.25, 0.3) is 0 Å². The van der Waals surface area contributed by atoms with E-state index in [1.165, 1.54) is 35.4 Å². The van der Waals surface area contributed by atoms with Gasteiger partial charge in [-0.1, -0.05) is 0 Å². The van der Waals surface area contributed by atoms with Crippen LogP contribution in [0.2, 0.25) is 0 Å². The Morgan fingerprint density at radius 2 is 1.61 bits per heavy atom. The molecule has 1 aromatic heterocycles. The Kier molecular flexibility index (Phi) is 6.64. The predicted octanol–water partition coefficient (Wildman–Crippen LogP) is 5.17. The monoisotopic (exact) mass is 551 g/mol. The second-order valence-corrected chi connectivity index (χ2v) is 10.1. The van der Waals surface area contributed by atoms with Crippen LogP contribution in [0.4, 0.5) is 37.2 Å². The van der Waals surface area contributed by atoms with Crippen molar-refractivity contribution in [2.45, 2.75) is 29.8 Å². The zero-order valence-corrected chi connectivity index (χ0v) is 19.4. The normalized spacial score (nSPS) is 16.9. The lowest BCUT2D eigenvalue weighted by Gasteiger charge is -2.19. The second-order valence-electron chi connectivity index (χ2n) is 7.56. The summed E-state index contributed by atoms with van der Waals surface area (Å²) in [4.78, 5) is 17.7. The lowest BCUT2D eigenvalue weighted by Crippen LogP contribution is -2.32. The van der Waals surface area contributed by atoms with E-state index < -0.39 is 51.3 Å². The number of rotatable bonds is 6. The summed E-state index contributed by atoms with van der Waals surface area (Å²) >= 11 is 1.08. The summed E-state index contributed by atoms with van der Waals surface area (Å²) < 4.78 is 111. The van der Waals surface area contributed by atoms with Gasteiger partial charge in [0.1, 0.15) is 5.75 Å². The van der Waals surface area contributed by atoms with E-state index in [4.69, 9.17) is 4.74 Å². The van der Waals surface area contributed by atoms with E-state index in [0.29, 0.717) is 12.1 Å². The van der Waals surface area contributed by atoms with E-state index in [0.717, 1.165) is 11.3 Å². The van der Waals surface area contributed by atoms with E-state index in [2.05, 4.69) is 9.71 Å². The number of nitrogens with zero attached hydrogens (tertiary/aromatic N) is 2. The minimum atomic E-state index is -5.05. The van der Waals surface area contributed by atoms with Crippen molar-refractivity contribution in [1.82, 2.24) is 4.98 Å². The van der Waals surface area contributed by atoms with Gasteiger partial charge in [0, 0.05) is 30.2 Å². The van der Waals surface area contributed by atoms with Gasteiger partial charge in [0.2, 0.25) is 0 Å². The molecule has 1 saturated heterocycles. The number of ether oxygens (including phenoxy) is 1. The van der Waals surface area contributed by atoms with Crippen LogP contribution in [-0.2, 0) is 27.2 Å². The molecular formula is C21H15F6N3O4S2. The smallest absolute Gasteiger partial charge is 0.416 e. The predicted molar refractivity (Wildman–Crippen MR) is 117 cm³/mol. The number of hydrogen-bond donors (Lipinski definition) is 1. The Balaban J connectivity index is 1.50. The average Bonchev–Trinajstić information content (AvgIpc) is 3.42. The molecule has 2 heterocycles. The number of amides is 1. The summed E-state index contributed by atoms with van der Waals surface area (Å²) in [6.45, 7) is 0.0536. The molecule has 2 aromatic carbocycles. The maximum atomic E-state index is 13.1. The van der Waals surface area contributed by atoms with Crippen molar-refractivity contribution in [3.8, 4) is 5.75 Å². The van der Waals surface area contributed by atoms with Crippen LogP contribution in [0.15, 0.2) is 58.9 Å². The van der Waals surface area contributed by atoms with E-state index in [9.17, 15) is 39.6 Å². The molecule has 3 aromatic rings. The molecule has 0 spiro atoms. The number of thiazole rings is 1. The third-order valence-electron chi connectivity index (χ3n) is 5.11. The quantitative estimate of drug-likeness (QED) is 0.428. The standard InChI is InChI=1S/C21H15F6N3O4S2/c22-20(23,24)12-9-13(21(25,26)27)11-15(10-12)34-17-5-7-30(18(17)31)14-1-3-16(4-2-14)36(32,33)29-19-28-6-8-35-19/h1-4,6,8-11,17H,5,7H2,(H,28,29). The minimum Gasteiger partial charge on any atom is -0.480 e. The van der Waals surface area contributed by atoms with Crippen molar-refractivity contribution in [3.05, 3.63) is 65.2 Å². The third kappa shape index (κ3) is 5.56. The van der Waals surface area contributed by atoms with Crippen molar-refractivity contribution in [3.63, 3.8) is 0 Å². The van der Waals surface area contributed by atoms with Gasteiger partial charge >= 0.3 is 12.4 Å². The number of nitrogens with one attached hydrogen (secondary N) is 1. The highest BCUT2D eigenvalue weighted by Crippen LogP contribution is 2.39. The minimum absolute atomic E-state index is 0.0118. The average molecular weight is 551 g/mol. The Morgan fingerprint density at radius 3 is 2.14 bits per heavy atom. The number of anilines is 2. The number of halogens is 6. The highest BCUT2D eigenvalue weighted by molar-refractivity contribution is 7.93. The van der Waals surface area contributed by atoms with Crippen LogP contribution in [-0.4, -0.2) is 32.0 Å². The molecule has 1 aliphatic rings. The molecule has 1 aliphatic heterocycles. The molecule has 1 fully saturated rings. The second kappa shape index (κ2) is 9.28. The number of alkyl halides is 6. The molecule has 0 saturated carbocycles. The number of sulfonamides is 1. The molecule has 0 bridgehead atoms. The fraction of sp³-hybridized carbons (Fsp3) is 0.238. The van der Waals surface area contributed by atoms with Crippen LogP contribution in [0, 0.1) is 0 Å². The fourth-order valence-electron chi connectivity index (χ4n) is 3.43. The van der Waals surface area contributed by atoms with Crippen molar-refractivity contribution >= 4 is 38.1 Å². The van der Waals surface area contributed by atoms with Gasteiger partial charge in [-0.05, 0) is 42.5 Å². The van der Waals surface area contributed by atoms with Gasteiger partial charge in [0.05, 0.1) is 16.0 Å². The van der Waals surface area contributed by atoms with Gasteiger partial charge in [-0.3, -0.25) is 9.52 Å². The number of carbonyl (C=O) groups excluding carboxylic acids is 1. The van der Waals surface area contributed by atoms with E-state index in [1.54, 1.807) is 5.38 Å². The van der Waals surface area contributed by atoms with Crippen LogP contribution < -0.4 is 14.4 Å². The first-order valence-corrected chi connectivity index (χ1v) is 12.4. The van der Waals surface area contributed by atoms with Gasteiger partial charge in [0.25, 0.3) is 15.9 Å². The van der Waals surface area contributed by atoms with E-state index >= 15 is 0 Å². The highest BCUT2D eigenvalue weighted by atomic mass is 32.2. The Bertz CT molecular complexity index is 1330. The molecule has 1 amide bonds. The van der Waals surface area contributed by atoms with Gasteiger partial charge in [-0.15, -0.1) is 11.3 Å². The van der Waals surface area contributed by atoms with Gasteiger partial charge in [-0.25, -0.2) is 13.4 Å². The third-order valence-corrected chi connectivity index (χ3v) is 7.28. The first-order chi connectivity index (χ1) is 16.7. The lowest BCUT2D eigenvalue weighted by molar-refractivity contribution is -0.143. The summed E-state index contributed by atoms with van der Waals surface area (Å²) in [6.07, 6.45) is -10.0. The summed E-state index contributed by atoms with van der Waals surface area (Å²) in [5.74, 6) is -1.44. The number of benzene rings is 2. The SMILES string of the molecule is O=C1C(Oc2cc(C(F)(F)F)cc(C(F)(F)F)c2)CCN1c1ccc(S(=O)(=O)Nc2nccs2)cc1. The molecule has 0 radical (unpaired) electrons. The summed E-state index contributed by atoms with van der Waals surface area (Å²) in [7, 11) is -3.93. The van der Waals surface area contributed by atoms with Crippen molar-refractivity contribution in [1.29, 1.82) is 0 Å². The fourth-order valence-corrected chi connectivity index (χ4v) is 5.22. The Labute approximate surface area is 204 Å². The molecular weight excluding hydrogens is 536 g/mol. The largest absolute Gasteiger partial charge is 0.480 e. The zero-order valence-electron chi connectivity index (χ0n) is 17.8. The van der Waals surface area contributed by atoms with Gasteiger partial charge < -0.3 is 9.64 Å². The zero-order chi connectivity index (χ0) is 26.3. The molecule has 1 unspecified atom stereocenters. The molecule has 1 N–H and O–H groups in total. The molecule has 0 aliphatic carbocycles. The first-order valence-electron chi connectivity index (χ1n) is 10.0. The Hall–Kier alpha value is -3.33. The highest BCUT2D eigenvalue weighted by Gasteiger charge is 2.39. The van der Waals surface area contributed by atoms with Crippen LogP contribution in [0.5, 0.6) is 5.75 Å².